The number of rotatable bonds is 10. The SMILES string of the molecule is COC(=O)CC1COc2cc(O[C@@H]3CCc4c(Oc5ccc(CCCC(C)(C)O)cc5C#N)ccc(F)c43)ccc21. The number of hydrogen-bond donors (Lipinski definition) is 1. The minimum atomic E-state index is -0.727. The normalized spacial score (nSPS) is 17.3. The summed E-state index contributed by atoms with van der Waals surface area (Å²) in [6.45, 7) is 3.96. The highest BCUT2D eigenvalue weighted by Gasteiger charge is 2.32. The van der Waals surface area contributed by atoms with E-state index in [0.717, 1.165) is 29.5 Å². The average molecular weight is 560 g/mol. The van der Waals surface area contributed by atoms with Gasteiger partial charge < -0.3 is 24.1 Å². The van der Waals surface area contributed by atoms with E-state index in [4.69, 9.17) is 18.9 Å². The molecular weight excluding hydrogens is 525 g/mol. The molecule has 0 saturated heterocycles. The molecule has 0 spiro atoms. The Morgan fingerprint density at radius 1 is 1.17 bits per heavy atom. The number of nitriles is 1. The van der Waals surface area contributed by atoms with E-state index in [0.29, 0.717) is 60.0 Å². The summed E-state index contributed by atoms with van der Waals surface area (Å²) < 4.78 is 38.1. The number of aryl methyl sites for hydroxylation is 1. The van der Waals surface area contributed by atoms with Gasteiger partial charge in [-0.25, -0.2) is 4.39 Å². The molecule has 0 fully saturated rings. The Labute approximate surface area is 239 Å². The summed E-state index contributed by atoms with van der Waals surface area (Å²) in [5.41, 5.74) is 2.77. The number of benzene rings is 3. The van der Waals surface area contributed by atoms with Crippen LogP contribution in [0.5, 0.6) is 23.0 Å². The fourth-order valence-corrected chi connectivity index (χ4v) is 5.56. The third kappa shape index (κ3) is 6.47. The van der Waals surface area contributed by atoms with Gasteiger partial charge in [0.1, 0.15) is 41.0 Å². The molecule has 0 amide bonds. The highest BCUT2D eigenvalue weighted by Crippen LogP contribution is 2.44. The maximum atomic E-state index is 15.1. The van der Waals surface area contributed by atoms with Crippen LogP contribution in [0.15, 0.2) is 48.5 Å². The number of esters is 1. The smallest absolute Gasteiger partial charge is 0.306 e. The summed E-state index contributed by atoms with van der Waals surface area (Å²) in [6.07, 6.45) is 3.06. The van der Waals surface area contributed by atoms with Gasteiger partial charge in [0.05, 0.1) is 31.3 Å². The lowest BCUT2D eigenvalue weighted by Gasteiger charge is -2.18. The molecule has 2 aliphatic rings. The number of ether oxygens (including phenoxy) is 4. The molecule has 214 valence electrons. The van der Waals surface area contributed by atoms with E-state index in [1.54, 1.807) is 38.1 Å². The molecule has 41 heavy (non-hydrogen) atoms. The molecule has 1 unspecified atom stereocenters. The van der Waals surface area contributed by atoms with Crippen molar-refractivity contribution in [1.29, 1.82) is 5.26 Å². The molecule has 1 aliphatic carbocycles. The number of nitrogens with zero attached hydrogens (tertiary/aromatic N) is 1. The fourth-order valence-electron chi connectivity index (χ4n) is 5.56. The standard InChI is InChI=1S/C33H34FNO6/c1-33(2,37)14-4-5-20-6-11-27(21(15-20)18-35)41-28-13-10-26(34)32-25(28)9-12-29(32)40-23-7-8-24-22(16-31(36)38-3)19-39-30(24)17-23/h6-8,10-11,13,15,17,22,29,37H,4-5,9,12,14,16,19H2,1-3H3/t22?,29-/m1/s1. The van der Waals surface area contributed by atoms with Gasteiger partial charge in [-0.3, -0.25) is 4.79 Å². The zero-order valence-corrected chi connectivity index (χ0v) is 23.5. The Balaban J connectivity index is 1.31. The first-order valence-electron chi connectivity index (χ1n) is 13.9. The number of carbonyl (C=O) groups excluding carboxylic acids is 1. The maximum Gasteiger partial charge on any atom is 0.306 e. The highest BCUT2D eigenvalue weighted by atomic mass is 19.1. The van der Waals surface area contributed by atoms with Crippen LogP contribution in [-0.4, -0.2) is 30.4 Å². The van der Waals surface area contributed by atoms with Crippen molar-refractivity contribution < 1.29 is 33.2 Å². The van der Waals surface area contributed by atoms with Crippen molar-refractivity contribution in [2.75, 3.05) is 13.7 Å². The number of fused-ring (bicyclic) bond motifs is 2. The van der Waals surface area contributed by atoms with Crippen molar-refractivity contribution in [3.8, 4) is 29.1 Å². The quantitative estimate of drug-likeness (QED) is 0.276. The van der Waals surface area contributed by atoms with Crippen LogP contribution in [0.3, 0.4) is 0 Å². The van der Waals surface area contributed by atoms with E-state index in [-0.39, 0.29) is 24.1 Å². The van der Waals surface area contributed by atoms with Crippen LogP contribution in [0.25, 0.3) is 0 Å². The summed E-state index contributed by atoms with van der Waals surface area (Å²) in [6, 6.07) is 16.2. The van der Waals surface area contributed by atoms with Crippen molar-refractivity contribution in [3.05, 3.63) is 82.2 Å². The van der Waals surface area contributed by atoms with Crippen molar-refractivity contribution in [1.82, 2.24) is 0 Å². The van der Waals surface area contributed by atoms with E-state index >= 15 is 4.39 Å². The first-order chi connectivity index (χ1) is 19.6. The fraction of sp³-hybridized carbons (Fsp3) is 0.394. The van der Waals surface area contributed by atoms with Gasteiger partial charge >= 0.3 is 5.97 Å². The molecule has 0 aromatic heterocycles. The molecule has 3 aromatic rings. The van der Waals surface area contributed by atoms with Gasteiger partial charge in [-0.1, -0.05) is 12.1 Å². The summed E-state index contributed by atoms with van der Waals surface area (Å²) in [5, 5.41) is 19.7. The van der Waals surface area contributed by atoms with E-state index in [2.05, 4.69) is 6.07 Å². The van der Waals surface area contributed by atoms with Crippen LogP contribution in [0.4, 0.5) is 4.39 Å². The molecule has 1 heterocycles. The van der Waals surface area contributed by atoms with Gasteiger partial charge in [0, 0.05) is 28.7 Å². The molecule has 0 bridgehead atoms. The van der Waals surface area contributed by atoms with E-state index in [1.807, 2.05) is 18.2 Å². The monoisotopic (exact) mass is 559 g/mol. The van der Waals surface area contributed by atoms with Gasteiger partial charge in [-0.15, -0.1) is 0 Å². The third-order valence-electron chi connectivity index (χ3n) is 7.66. The zero-order chi connectivity index (χ0) is 29.1. The number of halogens is 1. The first kappa shape index (κ1) is 28.4. The van der Waals surface area contributed by atoms with Gasteiger partial charge in [0.2, 0.25) is 0 Å². The van der Waals surface area contributed by atoms with Crippen LogP contribution >= 0.6 is 0 Å². The Morgan fingerprint density at radius 2 is 1.98 bits per heavy atom. The zero-order valence-electron chi connectivity index (χ0n) is 23.5. The topological polar surface area (TPSA) is 98.0 Å². The Hall–Kier alpha value is -4.09. The van der Waals surface area contributed by atoms with Gasteiger partial charge in [-0.05, 0) is 81.8 Å². The minimum absolute atomic E-state index is 0.0732. The molecule has 0 saturated carbocycles. The molecule has 7 nitrogen and oxygen atoms in total. The summed E-state index contributed by atoms with van der Waals surface area (Å²) >= 11 is 0. The van der Waals surface area contributed by atoms with Crippen LogP contribution in [0.2, 0.25) is 0 Å². The molecule has 1 N–H and O–H groups in total. The van der Waals surface area contributed by atoms with E-state index in [1.165, 1.54) is 13.2 Å². The minimum Gasteiger partial charge on any atom is -0.492 e. The van der Waals surface area contributed by atoms with Gasteiger partial charge in [0.25, 0.3) is 0 Å². The van der Waals surface area contributed by atoms with Crippen molar-refractivity contribution in [3.63, 3.8) is 0 Å². The average Bonchev–Trinajstić information content (AvgIpc) is 3.54. The third-order valence-corrected chi connectivity index (χ3v) is 7.66. The second-order valence-electron chi connectivity index (χ2n) is 11.3. The predicted molar refractivity (Wildman–Crippen MR) is 150 cm³/mol. The number of methoxy groups -OCH3 is 1. The molecule has 0 radical (unpaired) electrons. The largest absolute Gasteiger partial charge is 0.492 e. The molecule has 2 atom stereocenters. The Kier molecular flexibility index (Phi) is 8.18. The number of carbonyl (C=O) groups is 1. The van der Waals surface area contributed by atoms with Crippen molar-refractivity contribution in [2.24, 2.45) is 0 Å². The molecular formula is C33H34FNO6. The lowest BCUT2D eigenvalue weighted by Crippen LogP contribution is -2.18. The van der Waals surface area contributed by atoms with Crippen LogP contribution in [0.1, 0.15) is 79.4 Å². The second kappa shape index (κ2) is 11.8. The second-order valence-corrected chi connectivity index (χ2v) is 11.3. The van der Waals surface area contributed by atoms with Crippen LogP contribution in [-0.2, 0) is 22.4 Å². The summed E-state index contributed by atoms with van der Waals surface area (Å²) in [4.78, 5) is 11.7. The molecule has 5 rings (SSSR count). The predicted octanol–water partition coefficient (Wildman–Crippen LogP) is 6.69. The molecule has 8 heteroatoms. The number of hydrogen-bond acceptors (Lipinski definition) is 7. The summed E-state index contributed by atoms with van der Waals surface area (Å²) in [5.74, 6) is 1.39. The highest BCUT2D eigenvalue weighted by molar-refractivity contribution is 5.71. The molecule has 1 aliphatic heterocycles. The summed E-state index contributed by atoms with van der Waals surface area (Å²) in [7, 11) is 1.37. The van der Waals surface area contributed by atoms with E-state index < -0.39 is 11.7 Å². The number of aliphatic hydroxyl groups is 1. The van der Waals surface area contributed by atoms with Gasteiger partial charge in [-0.2, -0.15) is 5.26 Å². The Morgan fingerprint density at radius 3 is 2.73 bits per heavy atom. The van der Waals surface area contributed by atoms with Crippen molar-refractivity contribution >= 4 is 5.97 Å². The van der Waals surface area contributed by atoms with Crippen LogP contribution < -0.4 is 14.2 Å². The van der Waals surface area contributed by atoms with Crippen LogP contribution in [0, 0.1) is 17.1 Å². The van der Waals surface area contributed by atoms with Gasteiger partial charge in [0.15, 0.2) is 0 Å². The first-order valence-corrected chi connectivity index (χ1v) is 13.9. The molecule has 3 aromatic carbocycles. The lowest BCUT2D eigenvalue weighted by molar-refractivity contribution is -0.141. The maximum absolute atomic E-state index is 15.1. The Bertz CT molecular complexity index is 1490. The lowest BCUT2D eigenvalue weighted by atomic mass is 9.98. The van der Waals surface area contributed by atoms with Crippen molar-refractivity contribution in [2.45, 2.75) is 70.0 Å². The van der Waals surface area contributed by atoms with E-state index in [9.17, 15) is 15.2 Å².